The van der Waals surface area contributed by atoms with Crippen molar-refractivity contribution in [2.24, 2.45) is 5.73 Å². The molecule has 1 amide bonds. The fraction of sp³-hybridized carbons (Fsp3) is 0.273. The van der Waals surface area contributed by atoms with Crippen LogP contribution in [-0.2, 0) is 25.5 Å². The van der Waals surface area contributed by atoms with Crippen LogP contribution in [0.1, 0.15) is 27.9 Å². The van der Waals surface area contributed by atoms with E-state index in [1.54, 1.807) is 30.3 Å². The summed E-state index contributed by atoms with van der Waals surface area (Å²) in [7, 11) is 3.89. The van der Waals surface area contributed by atoms with Gasteiger partial charge in [0.25, 0.3) is 5.91 Å². The lowest BCUT2D eigenvalue weighted by Crippen LogP contribution is -2.21. The van der Waals surface area contributed by atoms with Crippen molar-refractivity contribution in [2.45, 2.75) is 12.8 Å². The Kier molecular flexibility index (Phi) is 8.58. The molecule has 4 N–H and O–H groups in total. The number of carbonyl (C=O) groups is 3. The molecule has 10 nitrogen and oxygen atoms in total. The zero-order chi connectivity index (χ0) is 23.7. The molecule has 0 aromatic heterocycles. The van der Waals surface area contributed by atoms with Gasteiger partial charge in [-0.1, -0.05) is 0 Å². The lowest BCUT2D eigenvalue weighted by atomic mass is 10.0. The molecule has 0 fully saturated rings. The fourth-order valence-corrected chi connectivity index (χ4v) is 2.85. The van der Waals surface area contributed by atoms with Gasteiger partial charge in [0.2, 0.25) is 0 Å². The van der Waals surface area contributed by atoms with Crippen LogP contribution in [0.3, 0.4) is 0 Å². The molecule has 0 saturated heterocycles. The van der Waals surface area contributed by atoms with Gasteiger partial charge in [-0.2, -0.15) is 0 Å². The average Bonchev–Trinajstić information content (AvgIpc) is 2.80. The van der Waals surface area contributed by atoms with Gasteiger partial charge in [0.1, 0.15) is 22.9 Å². The molecule has 0 atom stereocenters. The molecule has 0 aliphatic rings. The van der Waals surface area contributed by atoms with Crippen LogP contribution in [0, 0.1) is 5.41 Å². The summed E-state index contributed by atoms with van der Waals surface area (Å²) in [4.78, 5) is 36.2. The molecule has 0 aliphatic heterocycles. The number of nitrogens with one attached hydrogen (secondary N) is 2. The number of ether oxygens (including phenoxy) is 4. The summed E-state index contributed by atoms with van der Waals surface area (Å²) < 4.78 is 20.2. The Morgan fingerprint density at radius 2 is 1.72 bits per heavy atom. The van der Waals surface area contributed by atoms with Crippen LogP contribution in [0.25, 0.3) is 0 Å². The van der Waals surface area contributed by atoms with Gasteiger partial charge in [-0.05, 0) is 42.3 Å². The number of anilines is 1. The predicted octanol–water partition coefficient (Wildman–Crippen LogP) is 1.89. The number of nitrogens with two attached hydrogens (primary N) is 1. The first kappa shape index (κ1) is 24.2. The van der Waals surface area contributed by atoms with Gasteiger partial charge >= 0.3 is 11.9 Å². The number of carbonyl (C=O) groups excluding carboxylic acids is 3. The van der Waals surface area contributed by atoms with Gasteiger partial charge < -0.3 is 30.0 Å². The van der Waals surface area contributed by atoms with E-state index in [9.17, 15) is 14.4 Å². The Labute approximate surface area is 185 Å². The third kappa shape index (κ3) is 6.46. The molecule has 170 valence electrons. The summed E-state index contributed by atoms with van der Waals surface area (Å²) in [5.74, 6) is -0.970. The van der Waals surface area contributed by atoms with Gasteiger partial charge in [-0.3, -0.25) is 15.0 Å². The van der Waals surface area contributed by atoms with Crippen LogP contribution in [0.15, 0.2) is 36.4 Å². The molecule has 0 bridgehead atoms. The maximum atomic E-state index is 12.4. The van der Waals surface area contributed by atoms with Gasteiger partial charge in [0.15, 0.2) is 6.61 Å². The monoisotopic (exact) mass is 443 g/mol. The number of hydrogen-bond donors (Lipinski definition) is 3. The van der Waals surface area contributed by atoms with Crippen molar-refractivity contribution in [3.05, 3.63) is 53.1 Å². The molecule has 2 aromatic rings. The van der Waals surface area contributed by atoms with E-state index in [0.29, 0.717) is 22.6 Å². The lowest BCUT2D eigenvalue weighted by molar-refractivity contribution is -0.140. The highest BCUT2D eigenvalue weighted by molar-refractivity contribution is 5.97. The van der Waals surface area contributed by atoms with Gasteiger partial charge in [0.05, 0.1) is 21.3 Å². The minimum Gasteiger partial charge on any atom is -0.496 e. The number of esters is 2. The molecule has 0 radical (unpaired) electrons. The Morgan fingerprint density at radius 1 is 1.03 bits per heavy atom. The van der Waals surface area contributed by atoms with E-state index in [0.717, 1.165) is 0 Å². The van der Waals surface area contributed by atoms with E-state index in [4.69, 9.17) is 25.4 Å². The number of amides is 1. The zero-order valence-electron chi connectivity index (χ0n) is 18.0. The van der Waals surface area contributed by atoms with E-state index in [1.165, 1.54) is 27.4 Å². The summed E-state index contributed by atoms with van der Waals surface area (Å²) in [6.07, 6.45) is 0.205. The Balaban J connectivity index is 2.16. The number of methoxy groups -OCH3 is 3. The van der Waals surface area contributed by atoms with Crippen LogP contribution in [-0.4, -0.2) is 51.6 Å². The SMILES string of the molecule is COC(=O)CCc1cc(NC(=O)COc2ccc(C(=N)N)cc2)cc(OC)c1C(=O)OC. The van der Waals surface area contributed by atoms with Gasteiger partial charge in [-0.25, -0.2) is 4.79 Å². The summed E-state index contributed by atoms with van der Waals surface area (Å²) in [5, 5.41) is 10.1. The topological polar surface area (TPSA) is 150 Å². The first-order valence-corrected chi connectivity index (χ1v) is 9.52. The van der Waals surface area contributed by atoms with Crippen LogP contribution in [0.5, 0.6) is 11.5 Å². The second-order valence-electron chi connectivity index (χ2n) is 6.56. The summed E-state index contributed by atoms with van der Waals surface area (Å²) in [6.45, 7) is -0.280. The van der Waals surface area contributed by atoms with E-state index in [1.807, 2.05) is 0 Å². The quantitative estimate of drug-likeness (QED) is 0.286. The Morgan fingerprint density at radius 3 is 2.28 bits per heavy atom. The first-order valence-electron chi connectivity index (χ1n) is 9.52. The van der Waals surface area contributed by atoms with Crippen LogP contribution < -0.4 is 20.5 Å². The van der Waals surface area contributed by atoms with E-state index < -0.39 is 17.8 Å². The minimum absolute atomic E-state index is 0.0282. The molecule has 0 heterocycles. The minimum atomic E-state index is -0.628. The smallest absolute Gasteiger partial charge is 0.341 e. The van der Waals surface area contributed by atoms with Crippen molar-refractivity contribution in [1.29, 1.82) is 5.41 Å². The number of amidine groups is 1. The molecule has 2 aromatic carbocycles. The first-order chi connectivity index (χ1) is 15.3. The van der Waals surface area contributed by atoms with E-state index in [2.05, 4.69) is 10.1 Å². The molecule has 0 unspecified atom stereocenters. The van der Waals surface area contributed by atoms with Gasteiger partial charge in [-0.15, -0.1) is 0 Å². The van der Waals surface area contributed by atoms with Gasteiger partial charge in [0, 0.05) is 23.7 Å². The molecular formula is C22H25N3O7. The number of hydrogen-bond acceptors (Lipinski definition) is 8. The summed E-state index contributed by atoms with van der Waals surface area (Å²) in [6, 6.07) is 9.47. The third-order valence-electron chi connectivity index (χ3n) is 4.44. The number of benzene rings is 2. The third-order valence-corrected chi connectivity index (χ3v) is 4.44. The molecule has 10 heteroatoms. The summed E-state index contributed by atoms with van der Waals surface area (Å²) >= 11 is 0. The van der Waals surface area contributed by atoms with Crippen LogP contribution >= 0.6 is 0 Å². The summed E-state index contributed by atoms with van der Waals surface area (Å²) in [5.41, 5.74) is 6.92. The molecule has 0 aliphatic carbocycles. The largest absolute Gasteiger partial charge is 0.496 e. The highest BCUT2D eigenvalue weighted by Gasteiger charge is 2.21. The molecule has 0 spiro atoms. The maximum absolute atomic E-state index is 12.4. The number of aryl methyl sites for hydroxylation is 1. The highest BCUT2D eigenvalue weighted by Crippen LogP contribution is 2.29. The number of rotatable bonds is 10. The Bertz CT molecular complexity index is 1000. The van der Waals surface area contributed by atoms with Crippen molar-refractivity contribution in [3.63, 3.8) is 0 Å². The standard InChI is InChI=1S/C22H25N3O7/c1-29-17-11-15(10-14(6-9-19(27)30-2)20(17)22(28)31-3)25-18(26)12-32-16-7-4-13(5-8-16)21(23)24/h4-5,7-8,10-11H,6,9,12H2,1-3H3,(H3,23,24)(H,25,26). The molecule has 0 saturated carbocycles. The zero-order valence-corrected chi connectivity index (χ0v) is 18.0. The lowest BCUT2D eigenvalue weighted by Gasteiger charge is -2.15. The second kappa shape index (κ2) is 11.3. The van der Waals surface area contributed by atoms with Crippen LogP contribution in [0.2, 0.25) is 0 Å². The van der Waals surface area contributed by atoms with Crippen molar-refractivity contribution >= 4 is 29.4 Å². The van der Waals surface area contributed by atoms with Crippen molar-refractivity contribution in [3.8, 4) is 11.5 Å². The molecular weight excluding hydrogens is 418 g/mol. The number of nitrogen functional groups attached to an aromatic ring is 1. The molecule has 32 heavy (non-hydrogen) atoms. The highest BCUT2D eigenvalue weighted by atomic mass is 16.5. The van der Waals surface area contributed by atoms with E-state index >= 15 is 0 Å². The molecule has 2 rings (SSSR count). The average molecular weight is 443 g/mol. The Hall–Kier alpha value is -4.08. The predicted molar refractivity (Wildman–Crippen MR) is 116 cm³/mol. The second-order valence-corrected chi connectivity index (χ2v) is 6.56. The van der Waals surface area contributed by atoms with Crippen molar-refractivity contribution in [2.75, 3.05) is 33.3 Å². The van der Waals surface area contributed by atoms with E-state index in [-0.39, 0.29) is 36.6 Å². The van der Waals surface area contributed by atoms with Crippen molar-refractivity contribution < 1.29 is 33.3 Å². The maximum Gasteiger partial charge on any atom is 0.341 e. The normalized spacial score (nSPS) is 10.1. The fourth-order valence-electron chi connectivity index (χ4n) is 2.85. The van der Waals surface area contributed by atoms with Crippen LogP contribution in [0.4, 0.5) is 5.69 Å². The van der Waals surface area contributed by atoms with Crippen molar-refractivity contribution in [1.82, 2.24) is 0 Å².